The number of nitrogens with zero attached hydrogens (tertiary/aromatic N) is 2. The summed E-state index contributed by atoms with van der Waals surface area (Å²) in [6, 6.07) is 0. The van der Waals surface area contributed by atoms with E-state index in [0.29, 0.717) is 0 Å². The minimum absolute atomic E-state index is 0.759. The van der Waals surface area contributed by atoms with Gasteiger partial charge in [0.25, 0.3) is 0 Å². The summed E-state index contributed by atoms with van der Waals surface area (Å²) in [7, 11) is 4.17. The first-order valence-electron chi connectivity index (χ1n) is 4.64. The van der Waals surface area contributed by atoms with Crippen LogP contribution in [0.2, 0.25) is 4.34 Å². The van der Waals surface area contributed by atoms with Crippen LogP contribution >= 0.6 is 22.9 Å². The van der Waals surface area contributed by atoms with E-state index in [4.69, 9.17) is 11.6 Å². The Morgan fingerprint density at radius 2 is 2.36 bits per heavy atom. The van der Waals surface area contributed by atoms with E-state index in [1.807, 2.05) is 0 Å². The first-order valence-corrected chi connectivity index (χ1v) is 5.83. The second-order valence-corrected chi connectivity index (χ2v) is 5.14. The molecular weight excluding hydrogens is 218 g/mol. The van der Waals surface area contributed by atoms with Gasteiger partial charge in [0.05, 0.1) is 6.20 Å². The second-order valence-electron chi connectivity index (χ2n) is 3.39. The fraction of sp³-hybridized carbons (Fsp3) is 0.667. The summed E-state index contributed by atoms with van der Waals surface area (Å²) in [5, 5.41) is 4.39. The number of thiazole rings is 1. The van der Waals surface area contributed by atoms with Gasteiger partial charge in [0, 0.05) is 6.54 Å². The molecule has 0 radical (unpaired) electrons. The topological polar surface area (TPSA) is 28.2 Å². The molecule has 0 saturated carbocycles. The number of hydrogen-bond acceptors (Lipinski definition) is 4. The van der Waals surface area contributed by atoms with Crippen LogP contribution in [0.3, 0.4) is 0 Å². The van der Waals surface area contributed by atoms with Crippen molar-refractivity contribution in [3.8, 4) is 0 Å². The molecule has 0 aliphatic carbocycles. The van der Waals surface area contributed by atoms with Crippen molar-refractivity contribution in [1.82, 2.24) is 15.2 Å². The molecule has 5 heteroatoms. The van der Waals surface area contributed by atoms with Crippen LogP contribution in [-0.4, -0.2) is 37.1 Å². The Labute approximate surface area is 94.1 Å². The highest BCUT2D eigenvalue weighted by Crippen LogP contribution is 2.17. The van der Waals surface area contributed by atoms with Crippen LogP contribution in [0.1, 0.15) is 11.4 Å². The molecule has 0 aromatic carbocycles. The maximum absolute atomic E-state index is 5.76. The molecule has 80 valence electrons. The largest absolute Gasteiger partial charge is 0.310 e. The molecule has 0 saturated heterocycles. The lowest BCUT2D eigenvalue weighted by atomic mass is 10.4. The van der Waals surface area contributed by atoms with Gasteiger partial charge in [0.2, 0.25) is 0 Å². The van der Waals surface area contributed by atoms with Crippen LogP contribution in [0, 0.1) is 0 Å². The predicted molar refractivity (Wildman–Crippen MR) is 62.0 cm³/mol. The second kappa shape index (κ2) is 6.35. The standard InChI is InChI=1S/C9H16ClN3S/c1-13(2)5-3-4-11-7-9-12-6-8(10)14-9/h6,11H,3-5,7H2,1-2H3. The van der Waals surface area contributed by atoms with E-state index < -0.39 is 0 Å². The molecule has 0 aliphatic heterocycles. The van der Waals surface area contributed by atoms with Gasteiger partial charge in [0.15, 0.2) is 0 Å². The van der Waals surface area contributed by atoms with Crippen LogP contribution in [0.5, 0.6) is 0 Å². The van der Waals surface area contributed by atoms with Crippen LogP contribution in [-0.2, 0) is 6.54 Å². The van der Waals surface area contributed by atoms with E-state index >= 15 is 0 Å². The predicted octanol–water partition coefficient (Wildman–Crippen LogP) is 1.84. The van der Waals surface area contributed by atoms with Crippen LogP contribution in [0.4, 0.5) is 0 Å². The molecule has 0 amide bonds. The van der Waals surface area contributed by atoms with Gasteiger partial charge in [-0.1, -0.05) is 11.6 Å². The van der Waals surface area contributed by atoms with Crippen molar-refractivity contribution >= 4 is 22.9 Å². The monoisotopic (exact) mass is 233 g/mol. The molecule has 14 heavy (non-hydrogen) atoms. The van der Waals surface area contributed by atoms with Crippen molar-refractivity contribution < 1.29 is 0 Å². The Balaban J connectivity index is 2.04. The van der Waals surface area contributed by atoms with Gasteiger partial charge in [-0.25, -0.2) is 4.98 Å². The van der Waals surface area contributed by atoms with Crippen molar-refractivity contribution in [3.05, 3.63) is 15.5 Å². The molecular formula is C9H16ClN3S. The third-order valence-electron chi connectivity index (χ3n) is 1.76. The molecule has 0 atom stereocenters. The number of nitrogens with one attached hydrogen (secondary N) is 1. The highest BCUT2D eigenvalue weighted by Gasteiger charge is 1.98. The average molecular weight is 234 g/mol. The Kier molecular flexibility index (Phi) is 5.40. The van der Waals surface area contributed by atoms with E-state index in [0.717, 1.165) is 35.4 Å². The summed E-state index contributed by atoms with van der Waals surface area (Å²) in [4.78, 5) is 6.34. The first kappa shape index (κ1) is 11.9. The summed E-state index contributed by atoms with van der Waals surface area (Å²) in [5.41, 5.74) is 0. The SMILES string of the molecule is CN(C)CCCNCc1ncc(Cl)s1. The van der Waals surface area contributed by atoms with Gasteiger partial charge in [-0.2, -0.15) is 0 Å². The molecule has 1 N–H and O–H groups in total. The maximum Gasteiger partial charge on any atom is 0.113 e. The zero-order chi connectivity index (χ0) is 10.4. The Morgan fingerprint density at radius 3 is 2.93 bits per heavy atom. The first-order chi connectivity index (χ1) is 6.68. The van der Waals surface area contributed by atoms with E-state index in [2.05, 4.69) is 29.3 Å². The average Bonchev–Trinajstić information content (AvgIpc) is 2.50. The summed E-state index contributed by atoms with van der Waals surface area (Å²) >= 11 is 7.30. The molecule has 1 aromatic rings. The molecule has 3 nitrogen and oxygen atoms in total. The Bertz CT molecular complexity index is 262. The number of halogens is 1. The van der Waals surface area contributed by atoms with E-state index in [9.17, 15) is 0 Å². The quantitative estimate of drug-likeness (QED) is 0.760. The van der Waals surface area contributed by atoms with E-state index in [-0.39, 0.29) is 0 Å². The Hall–Kier alpha value is -0.160. The summed E-state index contributed by atoms with van der Waals surface area (Å²) in [6.45, 7) is 2.96. The fourth-order valence-corrected chi connectivity index (χ4v) is 2.01. The van der Waals surface area contributed by atoms with Crippen molar-refractivity contribution in [3.63, 3.8) is 0 Å². The van der Waals surface area contributed by atoms with Crippen LogP contribution in [0.25, 0.3) is 0 Å². The molecule has 0 aliphatic rings. The number of hydrogen-bond donors (Lipinski definition) is 1. The lowest BCUT2D eigenvalue weighted by molar-refractivity contribution is 0.394. The maximum atomic E-state index is 5.76. The molecule has 0 unspecified atom stereocenters. The third kappa shape index (κ3) is 4.91. The minimum Gasteiger partial charge on any atom is -0.310 e. The number of aromatic nitrogens is 1. The normalized spacial score (nSPS) is 11.1. The summed E-state index contributed by atoms with van der Waals surface area (Å²) in [5.74, 6) is 0. The van der Waals surface area contributed by atoms with Gasteiger partial charge < -0.3 is 10.2 Å². The molecule has 0 spiro atoms. The van der Waals surface area contributed by atoms with E-state index in [1.165, 1.54) is 11.3 Å². The molecule has 0 bridgehead atoms. The molecule has 0 fully saturated rings. The van der Waals surface area contributed by atoms with Crippen LogP contribution in [0.15, 0.2) is 6.20 Å². The number of rotatable bonds is 6. The molecule has 1 rings (SSSR count). The fourth-order valence-electron chi connectivity index (χ4n) is 1.09. The van der Waals surface area contributed by atoms with Gasteiger partial charge >= 0.3 is 0 Å². The van der Waals surface area contributed by atoms with E-state index in [1.54, 1.807) is 6.20 Å². The third-order valence-corrected chi connectivity index (χ3v) is 2.88. The lowest BCUT2D eigenvalue weighted by Crippen LogP contribution is -2.20. The van der Waals surface area contributed by atoms with Crippen molar-refractivity contribution in [2.24, 2.45) is 0 Å². The smallest absolute Gasteiger partial charge is 0.113 e. The lowest BCUT2D eigenvalue weighted by Gasteiger charge is -2.08. The minimum atomic E-state index is 0.759. The van der Waals surface area contributed by atoms with Crippen molar-refractivity contribution in [1.29, 1.82) is 0 Å². The summed E-state index contributed by atoms with van der Waals surface area (Å²) < 4.78 is 0.759. The van der Waals surface area contributed by atoms with Crippen molar-refractivity contribution in [2.45, 2.75) is 13.0 Å². The zero-order valence-corrected chi connectivity index (χ0v) is 10.2. The van der Waals surface area contributed by atoms with Gasteiger partial charge in [-0.15, -0.1) is 11.3 Å². The zero-order valence-electron chi connectivity index (χ0n) is 8.59. The summed E-state index contributed by atoms with van der Waals surface area (Å²) in [6.07, 6.45) is 2.86. The highest BCUT2D eigenvalue weighted by atomic mass is 35.5. The Morgan fingerprint density at radius 1 is 1.57 bits per heavy atom. The van der Waals surface area contributed by atoms with Crippen molar-refractivity contribution in [2.75, 3.05) is 27.2 Å². The van der Waals surface area contributed by atoms with Crippen LogP contribution < -0.4 is 5.32 Å². The highest BCUT2D eigenvalue weighted by molar-refractivity contribution is 7.15. The molecule has 1 heterocycles. The van der Waals surface area contributed by atoms with Gasteiger partial charge in [-0.05, 0) is 33.6 Å². The van der Waals surface area contributed by atoms with Gasteiger partial charge in [-0.3, -0.25) is 0 Å². The molecule has 1 aromatic heterocycles. The van der Waals surface area contributed by atoms with Gasteiger partial charge in [0.1, 0.15) is 9.34 Å².